The number of aryl methyl sites for hydroxylation is 1. The first kappa shape index (κ1) is 18.1. The number of hydrogen-bond donors (Lipinski definition) is 1. The average Bonchev–Trinajstić information content (AvgIpc) is 2.39. The molecule has 1 aromatic carbocycles. The second-order valence-electron chi connectivity index (χ2n) is 5.90. The summed E-state index contributed by atoms with van der Waals surface area (Å²) in [6.07, 6.45) is 0.808. The maximum atomic E-state index is 12.7. The van der Waals surface area contributed by atoms with Crippen LogP contribution in [0.1, 0.15) is 43.9 Å². The number of nitrogens with zero attached hydrogens (tertiary/aromatic N) is 1. The summed E-state index contributed by atoms with van der Waals surface area (Å²) in [7, 11) is -1.76. The standard InChI is InChI=1S/C16H28N2O2S/c1-7-8-18(6)21(19,20)16-10-15(11-17-12(2)3)9-13(4)14(16)5/h9-10,12,17H,7-8,11H2,1-6H3. The van der Waals surface area contributed by atoms with Crippen LogP contribution in [0.3, 0.4) is 0 Å². The SMILES string of the molecule is CCCN(C)S(=O)(=O)c1cc(CNC(C)C)cc(C)c1C. The number of hydrogen-bond acceptors (Lipinski definition) is 3. The lowest BCUT2D eigenvalue weighted by atomic mass is 10.1. The van der Waals surface area contributed by atoms with Gasteiger partial charge in [0.15, 0.2) is 0 Å². The van der Waals surface area contributed by atoms with Gasteiger partial charge in [-0.15, -0.1) is 0 Å². The Balaban J connectivity index is 3.22. The van der Waals surface area contributed by atoms with Crippen molar-refractivity contribution in [1.29, 1.82) is 0 Å². The van der Waals surface area contributed by atoms with Crippen molar-refractivity contribution in [2.45, 2.75) is 58.5 Å². The van der Waals surface area contributed by atoms with Crippen LogP contribution in [0.4, 0.5) is 0 Å². The molecule has 5 heteroatoms. The molecule has 4 nitrogen and oxygen atoms in total. The first-order valence-corrected chi connectivity index (χ1v) is 8.94. The van der Waals surface area contributed by atoms with Crippen LogP contribution in [0.2, 0.25) is 0 Å². The van der Waals surface area contributed by atoms with E-state index in [1.165, 1.54) is 4.31 Å². The maximum absolute atomic E-state index is 12.7. The molecule has 0 atom stereocenters. The summed E-state index contributed by atoms with van der Waals surface area (Å²) >= 11 is 0. The van der Waals surface area contributed by atoms with Gasteiger partial charge in [-0.25, -0.2) is 12.7 Å². The van der Waals surface area contributed by atoms with Gasteiger partial charge in [0.25, 0.3) is 0 Å². The highest BCUT2D eigenvalue weighted by Gasteiger charge is 2.23. The van der Waals surface area contributed by atoms with Crippen molar-refractivity contribution in [3.05, 3.63) is 28.8 Å². The molecule has 120 valence electrons. The molecule has 1 rings (SSSR count). The zero-order chi connectivity index (χ0) is 16.2. The van der Waals surface area contributed by atoms with Gasteiger partial charge in [0.2, 0.25) is 10.0 Å². The van der Waals surface area contributed by atoms with E-state index >= 15 is 0 Å². The lowest BCUT2D eigenvalue weighted by Crippen LogP contribution is -2.29. The summed E-state index contributed by atoms with van der Waals surface area (Å²) in [4.78, 5) is 0.430. The second kappa shape index (κ2) is 7.38. The van der Waals surface area contributed by atoms with Crippen LogP contribution in [0, 0.1) is 13.8 Å². The van der Waals surface area contributed by atoms with E-state index < -0.39 is 10.0 Å². The van der Waals surface area contributed by atoms with E-state index in [-0.39, 0.29) is 0 Å². The molecule has 0 saturated heterocycles. The molecule has 0 unspecified atom stereocenters. The molecular weight excluding hydrogens is 284 g/mol. The number of sulfonamides is 1. The number of benzene rings is 1. The lowest BCUT2D eigenvalue weighted by Gasteiger charge is -2.20. The van der Waals surface area contributed by atoms with Gasteiger partial charge >= 0.3 is 0 Å². The molecule has 0 saturated carbocycles. The summed E-state index contributed by atoms with van der Waals surface area (Å²) in [6.45, 7) is 11.2. The molecule has 0 spiro atoms. The predicted octanol–water partition coefficient (Wildman–Crippen LogP) is 2.83. The van der Waals surface area contributed by atoms with Gasteiger partial charge < -0.3 is 5.32 Å². The van der Waals surface area contributed by atoms with Crippen LogP contribution in [0.15, 0.2) is 17.0 Å². The smallest absolute Gasteiger partial charge is 0.243 e. The minimum Gasteiger partial charge on any atom is -0.310 e. The van der Waals surface area contributed by atoms with Crippen molar-refractivity contribution in [2.75, 3.05) is 13.6 Å². The van der Waals surface area contributed by atoms with Crippen molar-refractivity contribution in [3.8, 4) is 0 Å². The Morgan fingerprint density at radius 1 is 1.24 bits per heavy atom. The molecule has 0 aliphatic carbocycles. The van der Waals surface area contributed by atoms with Gasteiger partial charge in [-0.1, -0.05) is 26.8 Å². The Kier molecular flexibility index (Phi) is 6.38. The summed E-state index contributed by atoms with van der Waals surface area (Å²) < 4.78 is 26.8. The highest BCUT2D eigenvalue weighted by Crippen LogP contribution is 2.24. The fraction of sp³-hybridized carbons (Fsp3) is 0.625. The first-order valence-electron chi connectivity index (χ1n) is 7.50. The lowest BCUT2D eigenvalue weighted by molar-refractivity contribution is 0.468. The molecular formula is C16H28N2O2S. The molecule has 0 radical (unpaired) electrons. The molecule has 1 N–H and O–H groups in total. The number of nitrogens with one attached hydrogen (secondary N) is 1. The zero-order valence-electron chi connectivity index (χ0n) is 14.0. The molecule has 1 aromatic rings. The van der Waals surface area contributed by atoms with Gasteiger partial charge in [0.1, 0.15) is 0 Å². The molecule has 0 aliphatic heterocycles. The maximum Gasteiger partial charge on any atom is 0.243 e. The fourth-order valence-electron chi connectivity index (χ4n) is 2.19. The molecule has 0 amide bonds. The van der Waals surface area contributed by atoms with Gasteiger partial charge in [0, 0.05) is 26.2 Å². The largest absolute Gasteiger partial charge is 0.310 e. The van der Waals surface area contributed by atoms with E-state index in [1.807, 2.05) is 20.8 Å². The Morgan fingerprint density at radius 2 is 1.86 bits per heavy atom. The van der Waals surface area contributed by atoms with E-state index in [1.54, 1.807) is 13.1 Å². The van der Waals surface area contributed by atoms with Crippen molar-refractivity contribution in [3.63, 3.8) is 0 Å². The second-order valence-corrected chi connectivity index (χ2v) is 7.91. The Bertz CT molecular complexity index is 580. The monoisotopic (exact) mass is 312 g/mol. The summed E-state index contributed by atoms with van der Waals surface area (Å²) in [5, 5.41) is 3.33. The summed E-state index contributed by atoms with van der Waals surface area (Å²) in [5.41, 5.74) is 2.86. The quantitative estimate of drug-likeness (QED) is 0.842. The highest BCUT2D eigenvalue weighted by molar-refractivity contribution is 7.89. The van der Waals surface area contributed by atoms with Crippen LogP contribution in [0.5, 0.6) is 0 Å². The molecule has 0 fully saturated rings. The van der Waals surface area contributed by atoms with Gasteiger partial charge in [-0.3, -0.25) is 0 Å². The van der Waals surface area contributed by atoms with Crippen LogP contribution in [-0.2, 0) is 16.6 Å². The predicted molar refractivity (Wildman–Crippen MR) is 88.0 cm³/mol. The van der Waals surface area contributed by atoms with Crippen LogP contribution in [-0.4, -0.2) is 32.4 Å². The van der Waals surface area contributed by atoms with E-state index in [0.717, 1.165) is 23.1 Å². The fourth-order valence-corrected chi connectivity index (χ4v) is 3.80. The van der Waals surface area contributed by atoms with Gasteiger partial charge in [-0.05, 0) is 43.0 Å². The molecule has 0 aromatic heterocycles. The average molecular weight is 312 g/mol. The third kappa shape index (κ3) is 4.53. The van der Waals surface area contributed by atoms with Crippen LogP contribution < -0.4 is 5.32 Å². The first-order chi connectivity index (χ1) is 9.70. The van der Waals surface area contributed by atoms with Crippen molar-refractivity contribution >= 4 is 10.0 Å². The third-order valence-electron chi connectivity index (χ3n) is 3.62. The van der Waals surface area contributed by atoms with Gasteiger partial charge in [-0.2, -0.15) is 0 Å². The Hall–Kier alpha value is -0.910. The summed E-state index contributed by atoms with van der Waals surface area (Å²) in [6, 6.07) is 4.23. The van der Waals surface area contributed by atoms with Crippen molar-refractivity contribution in [2.24, 2.45) is 0 Å². The third-order valence-corrected chi connectivity index (χ3v) is 5.60. The Labute approximate surface area is 129 Å². The number of rotatable bonds is 7. The van der Waals surface area contributed by atoms with Crippen molar-refractivity contribution in [1.82, 2.24) is 9.62 Å². The highest BCUT2D eigenvalue weighted by atomic mass is 32.2. The topological polar surface area (TPSA) is 49.4 Å². The minimum absolute atomic E-state index is 0.370. The molecule has 0 bridgehead atoms. The zero-order valence-corrected chi connectivity index (χ0v) is 14.8. The Morgan fingerprint density at radius 3 is 2.38 bits per heavy atom. The molecule has 0 aliphatic rings. The van der Waals surface area contributed by atoms with Crippen LogP contribution >= 0.6 is 0 Å². The van der Waals surface area contributed by atoms with Crippen LogP contribution in [0.25, 0.3) is 0 Å². The van der Waals surface area contributed by atoms with E-state index in [4.69, 9.17) is 0 Å². The van der Waals surface area contributed by atoms with E-state index in [2.05, 4.69) is 25.2 Å². The van der Waals surface area contributed by atoms with E-state index in [0.29, 0.717) is 24.0 Å². The summed E-state index contributed by atoms with van der Waals surface area (Å²) in [5.74, 6) is 0. The minimum atomic E-state index is -3.41. The molecule has 0 heterocycles. The van der Waals surface area contributed by atoms with Crippen molar-refractivity contribution < 1.29 is 8.42 Å². The molecule has 21 heavy (non-hydrogen) atoms. The van der Waals surface area contributed by atoms with E-state index in [9.17, 15) is 8.42 Å². The van der Waals surface area contributed by atoms with Gasteiger partial charge in [0.05, 0.1) is 4.90 Å². The normalized spacial score (nSPS) is 12.4.